The maximum absolute atomic E-state index is 11.2. The zero-order valence-electron chi connectivity index (χ0n) is 16.0. The highest BCUT2D eigenvalue weighted by Gasteiger charge is 2.52. The van der Waals surface area contributed by atoms with Crippen LogP contribution in [0.25, 0.3) is 0 Å². The minimum Gasteiger partial charge on any atom is -0.508 e. The van der Waals surface area contributed by atoms with Gasteiger partial charge in [-0.25, -0.2) is 0 Å². The van der Waals surface area contributed by atoms with Crippen LogP contribution in [0, 0.1) is 0 Å². The van der Waals surface area contributed by atoms with E-state index in [0.29, 0.717) is 16.6 Å². The Morgan fingerprint density at radius 2 is 1.35 bits per heavy atom. The van der Waals surface area contributed by atoms with Gasteiger partial charge in [-0.3, -0.25) is 9.59 Å². The third-order valence-electron chi connectivity index (χ3n) is 4.69. The fourth-order valence-corrected chi connectivity index (χ4v) is 2.62. The topological polar surface area (TPSA) is 91.3 Å². The molecule has 26 heavy (non-hydrogen) atoms. The lowest BCUT2D eigenvalue weighted by Gasteiger charge is -2.32. The number of benzene rings is 1. The molecule has 1 aromatic carbocycles. The van der Waals surface area contributed by atoms with Gasteiger partial charge in [0.2, 0.25) is 0 Å². The van der Waals surface area contributed by atoms with E-state index in [-0.39, 0.29) is 19.0 Å². The first-order valence-corrected chi connectivity index (χ1v) is 8.40. The fourth-order valence-electron chi connectivity index (χ4n) is 2.62. The summed E-state index contributed by atoms with van der Waals surface area (Å²) in [6, 6.07) is 2.97. The second-order valence-corrected chi connectivity index (χ2v) is 7.33. The van der Waals surface area contributed by atoms with Gasteiger partial charge in [0.25, 0.3) is 0 Å². The number of ether oxygens (including phenoxy) is 2. The van der Waals surface area contributed by atoms with E-state index in [1.807, 2.05) is 27.7 Å². The number of hydrogen-bond donors (Lipinski definition) is 1. The first kappa shape index (κ1) is 20.3. The zero-order valence-corrected chi connectivity index (χ0v) is 16.0. The average Bonchev–Trinajstić information content (AvgIpc) is 2.70. The molecule has 0 amide bonds. The first-order chi connectivity index (χ1) is 11.9. The molecule has 1 heterocycles. The van der Waals surface area contributed by atoms with Gasteiger partial charge in [0.15, 0.2) is 0 Å². The normalized spacial score (nSPS) is 17.8. The van der Waals surface area contributed by atoms with Gasteiger partial charge < -0.3 is 23.9 Å². The van der Waals surface area contributed by atoms with Crippen LogP contribution in [0.4, 0.5) is 0 Å². The van der Waals surface area contributed by atoms with E-state index in [2.05, 4.69) is 0 Å². The molecule has 0 unspecified atom stereocenters. The van der Waals surface area contributed by atoms with E-state index < -0.39 is 30.3 Å². The predicted molar refractivity (Wildman–Crippen MR) is 94.8 cm³/mol. The minimum atomic E-state index is -0.753. The Bertz CT molecular complexity index is 656. The molecule has 142 valence electrons. The van der Waals surface area contributed by atoms with E-state index in [0.717, 1.165) is 0 Å². The number of esters is 2. The third-order valence-corrected chi connectivity index (χ3v) is 4.69. The molecule has 8 heteroatoms. The maximum atomic E-state index is 11.2. The smallest absolute Gasteiger partial charge is 0.495 e. The molecule has 1 fully saturated rings. The summed E-state index contributed by atoms with van der Waals surface area (Å²) in [5.74, 6) is -0.931. The number of aromatic hydroxyl groups is 1. The number of phenolic OH excluding ortho intramolecular Hbond substituents is 1. The number of hydrogen-bond acceptors (Lipinski definition) is 7. The van der Waals surface area contributed by atoms with Gasteiger partial charge in [-0.1, -0.05) is 0 Å². The van der Waals surface area contributed by atoms with Crippen molar-refractivity contribution in [3.8, 4) is 5.75 Å². The second kappa shape index (κ2) is 7.29. The van der Waals surface area contributed by atoms with E-state index in [9.17, 15) is 14.7 Å². The van der Waals surface area contributed by atoms with Crippen molar-refractivity contribution in [1.29, 1.82) is 0 Å². The summed E-state index contributed by atoms with van der Waals surface area (Å²) in [5.41, 5.74) is 0.491. The minimum absolute atomic E-state index is 0.0328. The molecule has 7 nitrogen and oxygen atoms in total. The van der Waals surface area contributed by atoms with Crippen LogP contribution in [0.1, 0.15) is 52.7 Å². The molecule has 1 aliphatic rings. The summed E-state index contributed by atoms with van der Waals surface area (Å²) in [6.07, 6.45) is 0. The molecule has 0 spiro atoms. The predicted octanol–water partition coefficient (Wildman–Crippen LogP) is 1.82. The largest absolute Gasteiger partial charge is 0.508 e. The third kappa shape index (κ3) is 4.37. The van der Waals surface area contributed by atoms with Crippen LogP contribution in [0.2, 0.25) is 0 Å². The Morgan fingerprint density at radius 3 is 1.69 bits per heavy atom. The summed E-state index contributed by atoms with van der Waals surface area (Å²) < 4.78 is 22.4. The maximum Gasteiger partial charge on any atom is 0.495 e. The molecule has 0 aromatic heterocycles. The summed E-state index contributed by atoms with van der Waals surface area (Å²) in [7, 11) is -0.753. The van der Waals surface area contributed by atoms with Crippen molar-refractivity contribution in [3.63, 3.8) is 0 Å². The Hall–Kier alpha value is -2.06. The molecule has 1 aliphatic heterocycles. The number of carbonyl (C=O) groups excluding carboxylic acids is 2. The molecule has 1 saturated heterocycles. The van der Waals surface area contributed by atoms with Crippen LogP contribution in [-0.4, -0.2) is 35.4 Å². The van der Waals surface area contributed by atoms with Gasteiger partial charge in [0.1, 0.15) is 19.0 Å². The lowest BCUT2D eigenvalue weighted by molar-refractivity contribution is -0.142. The molecule has 0 aliphatic carbocycles. The van der Waals surface area contributed by atoms with Crippen LogP contribution in [0.15, 0.2) is 12.1 Å². The quantitative estimate of drug-likeness (QED) is 0.629. The fraction of sp³-hybridized carbons (Fsp3) is 0.556. The van der Waals surface area contributed by atoms with Crippen LogP contribution in [0.3, 0.4) is 0 Å². The highest BCUT2D eigenvalue weighted by atomic mass is 16.7. The van der Waals surface area contributed by atoms with Crippen molar-refractivity contribution >= 4 is 24.5 Å². The van der Waals surface area contributed by atoms with Crippen LogP contribution < -0.4 is 5.46 Å². The van der Waals surface area contributed by atoms with Crippen molar-refractivity contribution in [2.75, 3.05) is 0 Å². The van der Waals surface area contributed by atoms with E-state index in [1.165, 1.54) is 26.0 Å². The Balaban J connectivity index is 2.48. The summed E-state index contributed by atoms with van der Waals surface area (Å²) >= 11 is 0. The van der Waals surface area contributed by atoms with E-state index >= 15 is 0 Å². The highest BCUT2D eigenvalue weighted by molar-refractivity contribution is 6.63. The molecular formula is C18H25BO7. The zero-order chi connectivity index (χ0) is 19.7. The highest BCUT2D eigenvalue weighted by Crippen LogP contribution is 2.37. The number of rotatable bonds is 5. The Morgan fingerprint density at radius 1 is 0.962 bits per heavy atom. The van der Waals surface area contributed by atoms with Gasteiger partial charge >= 0.3 is 19.1 Å². The van der Waals surface area contributed by atoms with Gasteiger partial charge in [0.05, 0.1) is 11.2 Å². The van der Waals surface area contributed by atoms with Crippen LogP contribution in [-0.2, 0) is 41.6 Å². The molecule has 0 atom stereocenters. The molecule has 0 bridgehead atoms. The molecule has 1 N–H and O–H groups in total. The van der Waals surface area contributed by atoms with Gasteiger partial charge in [-0.2, -0.15) is 0 Å². The van der Waals surface area contributed by atoms with Crippen molar-refractivity contribution in [2.24, 2.45) is 0 Å². The summed E-state index contributed by atoms with van der Waals surface area (Å²) in [6.45, 7) is 10.2. The standard InChI is InChI=1S/C18H25BO7/c1-11(20)23-9-13-7-15(22)8-14(10-24-12(2)21)16(13)19-25-17(3,4)18(5,6)26-19/h7-8,22H,9-10H2,1-6H3. The lowest BCUT2D eigenvalue weighted by atomic mass is 9.73. The Labute approximate surface area is 153 Å². The molecule has 0 radical (unpaired) electrons. The lowest BCUT2D eigenvalue weighted by Crippen LogP contribution is -2.41. The van der Waals surface area contributed by atoms with Crippen molar-refractivity contribution < 1.29 is 33.5 Å². The van der Waals surface area contributed by atoms with Crippen molar-refractivity contribution in [3.05, 3.63) is 23.3 Å². The number of phenols is 1. The first-order valence-electron chi connectivity index (χ1n) is 8.40. The van der Waals surface area contributed by atoms with Gasteiger partial charge in [-0.05, 0) is 56.4 Å². The SMILES string of the molecule is CC(=O)OCc1cc(O)cc(COC(C)=O)c1B1OC(C)(C)C(C)(C)O1. The second-order valence-electron chi connectivity index (χ2n) is 7.33. The van der Waals surface area contributed by atoms with E-state index in [1.54, 1.807) is 0 Å². The molecule has 1 aromatic rings. The monoisotopic (exact) mass is 364 g/mol. The van der Waals surface area contributed by atoms with Crippen LogP contribution >= 0.6 is 0 Å². The average molecular weight is 364 g/mol. The van der Waals surface area contributed by atoms with Gasteiger partial charge in [-0.15, -0.1) is 0 Å². The molecular weight excluding hydrogens is 339 g/mol. The van der Waals surface area contributed by atoms with Crippen LogP contribution in [0.5, 0.6) is 5.75 Å². The van der Waals surface area contributed by atoms with Gasteiger partial charge in [0, 0.05) is 13.8 Å². The Kier molecular flexibility index (Phi) is 5.68. The molecule has 2 rings (SSSR count). The summed E-state index contributed by atoms with van der Waals surface area (Å²) in [5, 5.41) is 10.0. The van der Waals surface area contributed by atoms with Crippen molar-refractivity contribution in [1.82, 2.24) is 0 Å². The van der Waals surface area contributed by atoms with Crippen molar-refractivity contribution in [2.45, 2.75) is 66.0 Å². The molecule has 0 saturated carbocycles. The summed E-state index contributed by atoms with van der Waals surface area (Å²) in [4.78, 5) is 22.4. The number of carbonyl (C=O) groups is 2. The van der Waals surface area contributed by atoms with E-state index in [4.69, 9.17) is 18.8 Å².